The summed E-state index contributed by atoms with van der Waals surface area (Å²) >= 11 is 6.23. The molecule has 2 heterocycles. The number of aryl methyl sites for hydroxylation is 2. The first-order chi connectivity index (χ1) is 13.9. The Kier molecular flexibility index (Phi) is 7.52. The molecule has 1 fully saturated rings. The zero-order chi connectivity index (χ0) is 20.8. The molecule has 0 bridgehead atoms. The molecule has 1 unspecified atom stereocenters. The molecule has 0 amide bonds. The summed E-state index contributed by atoms with van der Waals surface area (Å²) in [5, 5.41) is 5.09. The van der Waals surface area contributed by atoms with E-state index in [0.29, 0.717) is 49.1 Å². The minimum atomic E-state index is -0.0478. The molecule has 1 aliphatic rings. The number of hydrogen-bond donors (Lipinski definition) is 0. The molecule has 0 spiro atoms. The Morgan fingerprint density at radius 2 is 2.21 bits per heavy atom. The molecule has 158 valence electrons. The van der Waals surface area contributed by atoms with Gasteiger partial charge >= 0.3 is 0 Å². The van der Waals surface area contributed by atoms with Gasteiger partial charge in [0.25, 0.3) is 0 Å². The van der Waals surface area contributed by atoms with Crippen LogP contribution in [0.15, 0.2) is 24.4 Å². The lowest BCUT2D eigenvalue weighted by Crippen LogP contribution is -2.44. The summed E-state index contributed by atoms with van der Waals surface area (Å²) in [7, 11) is 3.48. The van der Waals surface area contributed by atoms with Gasteiger partial charge in [-0.3, -0.25) is 9.58 Å². The fourth-order valence-electron chi connectivity index (χ4n) is 3.34. The van der Waals surface area contributed by atoms with E-state index < -0.39 is 0 Å². The van der Waals surface area contributed by atoms with Gasteiger partial charge in [-0.05, 0) is 31.0 Å². The number of benzene rings is 1. The molecule has 0 N–H and O–H groups in total. The number of ether oxygens (including phenoxy) is 3. The fourth-order valence-corrected chi connectivity index (χ4v) is 3.58. The van der Waals surface area contributed by atoms with Gasteiger partial charge in [-0.2, -0.15) is 5.10 Å². The molecule has 8 heteroatoms. The van der Waals surface area contributed by atoms with Crippen LogP contribution in [-0.2, 0) is 29.5 Å². The Morgan fingerprint density at radius 1 is 1.38 bits per heavy atom. The van der Waals surface area contributed by atoms with E-state index in [9.17, 15) is 4.79 Å². The molecule has 0 radical (unpaired) electrons. The van der Waals surface area contributed by atoms with Crippen molar-refractivity contribution in [3.05, 3.63) is 40.7 Å². The van der Waals surface area contributed by atoms with Gasteiger partial charge in [0.1, 0.15) is 18.5 Å². The topological polar surface area (TPSA) is 65.8 Å². The summed E-state index contributed by atoms with van der Waals surface area (Å²) in [6, 6.07) is 5.79. The van der Waals surface area contributed by atoms with E-state index in [2.05, 4.69) is 10.00 Å². The zero-order valence-corrected chi connectivity index (χ0v) is 17.9. The van der Waals surface area contributed by atoms with Gasteiger partial charge in [0.05, 0.1) is 24.4 Å². The maximum absolute atomic E-state index is 11.2. The monoisotopic (exact) mass is 421 g/mol. The summed E-state index contributed by atoms with van der Waals surface area (Å²) in [6.45, 7) is 4.93. The van der Waals surface area contributed by atoms with E-state index >= 15 is 0 Å². The van der Waals surface area contributed by atoms with Crippen molar-refractivity contribution in [1.82, 2.24) is 14.7 Å². The first kappa shape index (κ1) is 21.6. The first-order valence-corrected chi connectivity index (χ1v) is 10.1. The van der Waals surface area contributed by atoms with Crippen LogP contribution in [0.2, 0.25) is 5.02 Å². The van der Waals surface area contributed by atoms with Crippen LogP contribution in [0.25, 0.3) is 0 Å². The highest BCUT2D eigenvalue weighted by molar-refractivity contribution is 6.31. The summed E-state index contributed by atoms with van der Waals surface area (Å²) < 4.78 is 19.0. The van der Waals surface area contributed by atoms with Crippen molar-refractivity contribution >= 4 is 17.4 Å². The molecule has 0 aliphatic carbocycles. The fraction of sp³-hybridized carbons (Fsp3) is 0.524. The van der Waals surface area contributed by atoms with Crippen LogP contribution in [-0.4, -0.2) is 60.0 Å². The van der Waals surface area contributed by atoms with Gasteiger partial charge in [0.2, 0.25) is 0 Å². The highest BCUT2D eigenvalue weighted by Gasteiger charge is 2.23. The number of carbonyl (C=O) groups excluding carboxylic acids is 1. The predicted octanol–water partition coefficient (Wildman–Crippen LogP) is 2.88. The predicted molar refractivity (Wildman–Crippen MR) is 111 cm³/mol. The molecule has 2 aromatic rings. The number of Topliss-reactive ketones (excluding diaryl/α,β-unsaturated/α-hetero) is 1. The number of methoxy groups -OCH3 is 1. The van der Waals surface area contributed by atoms with Gasteiger partial charge in [0.15, 0.2) is 11.5 Å². The highest BCUT2D eigenvalue weighted by Crippen LogP contribution is 2.29. The summed E-state index contributed by atoms with van der Waals surface area (Å²) in [5.41, 5.74) is 1.93. The first-order valence-electron chi connectivity index (χ1n) is 9.75. The quantitative estimate of drug-likeness (QED) is 0.620. The molecule has 3 rings (SSSR count). The second-order valence-electron chi connectivity index (χ2n) is 7.32. The van der Waals surface area contributed by atoms with Gasteiger partial charge in [0, 0.05) is 39.3 Å². The van der Waals surface area contributed by atoms with E-state index in [0.717, 1.165) is 24.3 Å². The Morgan fingerprint density at radius 3 is 2.90 bits per heavy atom. The lowest BCUT2D eigenvalue weighted by atomic mass is 10.1. The van der Waals surface area contributed by atoms with Gasteiger partial charge < -0.3 is 19.0 Å². The van der Waals surface area contributed by atoms with Crippen molar-refractivity contribution in [3.63, 3.8) is 0 Å². The Hall–Kier alpha value is -2.09. The maximum atomic E-state index is 11.2. The Labute approximate surface area is 176 Å². The van der Waals surface area contributed by atoms with E-state index in [1.165, 1.54) is 0 Å². The van der Waals surface area contributed by atoms with Crippen molar-refractivity contribution in [3.8, 4) is 11.5 Å². The van der Waals surface area contributed by atoms with Gasteiger partial charge in [-0.1, -0.05) is 17.7 Å². The second kappa shape index (κ2) is 10.1. The molecule has 1 saturated heterocycles. The lowest BCUT2D eigenvalue weighted by Gasteiger charge is -2.32. The third-order valence-electron chi connectivity index (χ3n) is 4.87. The summed E-state index contributed by atoms with van der Waals surface area (Å²) in [5.74, 6) is 1.52. The molecule has 7 nitrogen and oxygen atoms in total. The van der Waals surface area contributed by atoms with E-state index in [1.54, 1.807) is 18.7 Å². The Balaban J connectivity index is 1.54. The maximum Gasteiger partial charge on any atom is 0.161 e. The third-order valence-corrected chi connectivity index (χ3v) is 5.18. The number of aromatic nitrogens is 2. The third kappa shape index (κ3) is 6.19. The minimum Gasteiger partial charge on any atom is -0.493 e. The number of rotatable bonds is 9. The van der Waals surface area contributed by atoms with Crippen molar-refractivity contribution in [2.75, 3.05) is 33.4 Å². The smallest absolute Gasteiger partial charge is 0.161 e. The van der Waals surface area contributed by atoms with E-state index in [1.807, 2.05) is 31.4 Å². The van der Waals surface area contributed by atoms with E-state index in [-0.39, 0.29) is 11.9 Å². The largest absolute Gasteiger partial charge is 0.493 e. The van der Waals surface area contributed by atoms with Crippen molar-refractivity contribution in [2.24, 2.45) is 7.05 Å². The number of carbonyl (C=O) groups is 1. The summed E-state index contributed by atoms with van der Waals surface area (Å²) in [4.78, 5) is 13.5. The van der Waals surface area contributed by atoms with Crippen molar-refractivity contribution < 1.29 is 19.0 Å². The number of nitrogens with zero attached hydrogens (tertiary/aromatic N) is 3. The van der Waals surface area contributed by atoms with Crippen LogP contribution < -0.4 is 9.47 Å². The highest BCUT2D eigenvalue weighted by atomic mass is 35.5. The van der Waals surface area contributed by atoms with Crippen LogP contribution in [0.3, 0.4) is 0 Å². The second-order valence-corrected chi connectivity index (χ2v) is 7.73. The SMILES string of the molecule is COc1cc(CCC(C)=O)ccc1OCC1CN(Cc2nn(C)cc2Cl)CCO1. The van der Waals surface area contributed by atoms with Crippen molar-refractivity contribution in [2.45, 2.75) is 32.4 Å². The van der Waals surface area contributed by atoms with Crippen LogP contribution in [0.4, 0.5) is 0 Å². The Bertz CT molecular complexity index is 839. The number of halogens is 1. The average molecular weight is 422 g/mol. The van der Waals surface area contributed by atoms with Crippen LogP contribution >= 0.6 is 11.6 Å². The molecule has 1 atom stereocenters. The number of hydrogen-bond acceptors (Lipinski definition) is 6. The lowest BCUT2D eigenvalue weighted by molar-refractivity contribution is -0.116. The van der Waals surface area contributed by atoms with Crippen LogP contribution in [0, 0.1) is 0 Å². The zero-order valence-electron chi connectivity index (χ0n) is 17.2. The molecular formula is C21H28ClN3O4. The number of ketones is 1. The van der Waals surface area contributed by atoms with E-state index in [4.69, 9.17) is 25.8 Å². The van der Waals surface area contributed by atoms with Crippen molar-refractivity contribution in [1.29, 1.82) is 0 Å². The molecule has 1 aromatic carbocycles. The van der Waals surface area contributed by atoms with Gasteiger partial charge in [-0.25, -0.2) is 0 Å². The minimum absolute atomic E-state index is 0.0478. The standard InChI is InChI=1S/C21H28ClN3O4/c1-15(26)4-5-16-6-7-20(21(10-16)27-3)29-14-17-11-25(8-9-28-17)13-19-18(22)12-24(2)23-19/h6-7,10,12,17H,4-5,8-9,11,13-14H2,1-3H3. The van der Waals surface area contributed by atoms with Crippen LogP contribution in [0.5, 0.6) is 11.5 Å². The summed E-state index contributed by atoms with van der Waals surface area (Å²) in [6.07, 6.45) is 2.98. The molecule has 1 aromatic heterocycles. The number of morpholine rings is 1. The molecule has 1 aliphatic heterocycles. The van der Waals surface area contributed by atoms with Gasteiger partial charge in [-0.15, -0.1) is 0 Å². The normalized spacial score (nSPS) is 17.3. The van der Waals surface area contributed by atoms with Crippen LogP contribution in [0.1, 0.15) is 24.6 Å². The molecule has 29 heavy (non-hydrogen) atoms. The average Bonchev–Trinajstić information content (AvgIpc) is 3.02. The molecular weight excluding hydrogens is 394 g/mol. The molecule has 0 saturated carbocycles.